The normalized spacial score (nSPS) is 10.7. The summed E-state index contributed by atoms with van der Waals surface area (Å²) in [5, 5.41) is 12.0. The number of methoxy groups -OCH3 is 1. The van der Waals surface area contributed by atoms with Gasteiger partial charge in [-0.1, -0.05) is 30.8 Å². The molecule has 0 aliphatic heterocycles. The molecule has 136 valence electrons. The highest BCUT2D eigenvalue weighted by molar-refractivity contribution is 7.99. The quantitative estimate of drug-likeness (QED) is 0.616. The van der Waals surface area contributed by atoms with Crippen molar-refractivity contribution in [1.29, 1.82) is 0 Å². The van der Waals surface area contributed by atoms with Crippen molar-refractivity contribution in [2.75, 3.05) is 12.9 Å². The molecule has 2 aromatic heterocycles. The number of carbonyl (C=O) groups is 1. The highest BCUT2D eigenvalue weighted by Gasteiger charge is 2.14. The van der Waals surface area contributed by atoms with Crippen LogP contribution in [0.2, 0.25) is 0 Å². The number of aryl methyl sites for hydroxylation is 1. The van der Waals surface area contributed by atoms with Gasteiger partial charge in [0, 0.05) is 25.4 Å². The largest absolute Gasteiger partial charge is 0.497 e. The minimum Gasteiger partial charge on any atom is -0.497 e. The molecular formula is C18H21N5O2S. The molecule has 3 aromatic rings. The van der Waals surface area contributed by atoms with Gasteiger partial charge in [-0.15, -0.1) is 10.2 Å². The minimum absolute atomic E-state index is 0.0501. The summed E-state index contributed by atoms with van der Waals surface area (Å²) in [5.41, 5.74) is 1.02. The number of rotatable bonds is 8. The number of amides is 1. The van der Waals surface area contributed by atoms with Crippen LogP contribution in [0.25, 0.3) is 0 Å². The molecule has 0 bridgehead atoms. The zero-order valence-electron chi connectivity index (χ0n) is 14.8. The first-order valence-electron chi connectivity index (χ1n) is 8.31. The van der Waals surface area contributed by atoms with E-state index in [2.05, 4.69) is 15.5 Å². The summed E-state index contributed by atoms with van der Waals surface area (Å²) >= 11 is 1.37. The molecule has 0 saturated heterocycles. The Morgan fingerprint density at radius 1 is 1.19 bits per heavy atom. The van der Waals surface area contributed by atoms with Crippen LogP contribution in [0.1, 0.15) is 18.3 Å². The second-order valence-electron chi connectivity index (χ2n) is 5.54. The standard InChI is InChI=1S/C18H21N5O2S/c1-3-16-20-21-18(23(16)22-10-4-5-11-22)26-13-17(24)19-12-14-6-8-15(25-2)9-7-14/h4-11H,3,12-13H2,1-2H3,(H,19,24). The van der Waals surface area contributed by atoms with Crippen molar-refractivity contribution in [2.45, 2.75) is 25.0 Å². The van der Waals surface area contributed by atoms with Crippen molar-refractivity contribution < 1.29 is 9.53 Å². The number of hydrogen-bond acceptors (Lipinski definition) is 5. The number of benzene rings is 1. The van der Waals surface area contributed by atoms with E-state index in [1.54, 1.807) is 7.11 Å². The monoisotopic (exact) mass is 371 g/mol. The Morgan fingerprint density at radius 2 is 1.92 bits per heavy atom. The molecule has 2 heterocycles. The second-order valence-corrected chi connectivity index (χ2v) is 6.48. The van der Waals surface area contributed by atoms with E-state index in [4.69, 9.17) is 4.74 Å². The van der Waals surface area contributed by atoms with Crippen LogP contribution < -0.4 is 10.1 Å². The molecule has 3 rings (SSSR count). The second kappa shape index (κ2) is 8.57. The summed E-state index contributed by atoms with van der Waals surface area (Å²) in [6.07, 6.45) is 4.61. The maximum absolute atomic E-state index is 12.2. The molecule has 0 spiro atoms. The molecule has 0 aliphatic rings. The van der Waals surface area contributed by atoms with Crippen molar-refractivity contribution in [3.05, 3.63) is 60.2 Å². The van der Waals surface area contributed by atoms with E-state index in [0.29, 0.717) is 11.7 Å². The average molecular weight is 371 g/mol. The lowest BCUT2D eigenvalue weighted by molar-refractivity contribution is -0.118. The number of hydrogen-bond donors (Lipinski definition) is 1. The van der Waals surface area contributed by atoms with Crippen molar-refractivity contribution in [2.24, 2.45) is 0 Å². The van der Waals surface area contributed by atoms with Crippen molar-refractivity contribution in [1.82, 2.24) is 24.9 Å². The van der Waals surface area contributed by atoms with Gasteiger partial charge < -0.3 is 10.1 Å². The Kier molecular flexibility index (Phi) is 5.96. The van der Waals surface area contributed by atoms with E-state index in [0.717, 1.165) is 23.6 Å². The lowest BCUT2D eigenvalue weighted by atomic mass is 10.2. The van der Waals surface area contributed by atoms with E-state index < -0.39 is 0 Å². The first-order valence-corrected chi connectivity index (χ1v) is 9.30. The molecule has 0 saturated carbocycles. The van der Waals surface area contributed by atoms with Gasteiger partial charge in [0.25, 0.3) is 0 Å². The van der Waals surface area contributed by atoms with Crippen LogP contribution in [0.5, 0.6) is 5.75 Å². The van der Waals surface area contributed by atoms with Crippen LogP contribution >= 0.6 is 11.8 Å². The number of nitrogens with zero attached hydrogens (tertiary/aromatic N) is 4. The average Bonchev–Trinajstić information content (AvgIpc) is 3.33. The first-order chi connectivity index (χ1) is 12.7. The summed E-state index contributed by atoms with van der Waals surface area (Å²) in [4.78, 5) is 12.2. The third-order valence-corrected chi connectivity index (χ3v) is 4.71. The van der Waals surface area contributed by atoms with Gasteiger partial charge in [-0.2, -0.15) is 0 Å². The van der Waals surface area contributed by atoms with Crippen molar-refractivity contribution in [3.63, 3.8) is 0 Å². The fraction of sp³-hybridized carbons (Fsp3) is 0.278. The summed E-state index contributed by atoms with van der Waals surface area (Å²) in [6, 6.07) is 11.5. The highest BCUT2D eigenvalue weighted by atomic mass is 32.2. The third-order valence-electron chi connectivity index (χ3n) is 3.79. The lowest BCUT2D eigenvalue weighted by Crippen LogP contribution is -2.25. The van der Waals surface area contributed by atoms with Crippen LogP contribution in [0.4, 0.5) is 0 Å². The van der Waals surface area contributed by atoms with Crippen molar-refractivity contribution >= 4 is 17.7 Å². The molecule has 0 radical (unpaired) electrons. The molecule has 8 heteroatoms. The Morgan fingerprint density at radius 3 is 2.58 bits per heavy atom. The van der Waals surface area contributed by atoms with Gasteiger partial charge in [0.05, 0.1) is 12.9 Å². The van der Waals surface area contributed by atoms with E-state index in [1.165, 1.54) is 11.8 Å². The van der Waals surface area contributed by atoms with Crippen LogP contribution in [0, 0.1) is 0 Å². The highest BCUT2D eigenvalue weighted by Crippen LogP contribution is 2.18. The van der Waals surface area contributed by atoms with Gasteiger partial charge in [-0.3, -0.25) is 9.47 Å². The molecule has 0 aliphatic carbocycles. The predicted molar refractivity (Wildman–Crippen MR) is 100 cm³/mol. The number of carbonyl (C=O) groups excluding carboxylic acids is 1. The topological polar surface area (TPSA) is 74.0 Å². The molecule has 0 unspecified atom stereocenters. The molecule has 1 N–H and O–H groups in total. The maximum atomic E-state index is 12.2. The molecular weight excluding hydrogens is 350 g/mol. The Labute approximate surface area is 156 Å². The van der Waals surface area contributed by atoms with Crippen LogP contribution in [-0.4, -0.2) is 38.3 Å². The smallest absolute Gasteiger partial charge is 0.230 e. The van der Waals surface area contributed by atoms with Crippen LogP contribution in [0.3, 0.4) is 0 Å². The minimum atomic E-state index is -0.0501. The van der Waals surface area contributed by atoms with E-state index in [-0.39, 0.29) is 11.7 Å². The molecule has 1 amide bonds. The number of nitrogens with one attached hydrogen (secondary N) is 1. The Balaban J connectivity index is 1.57. The Bertz CT molecular complexity index is 843. The van der Waals surface area contributed by atoms with Gasteiger partial charge in [0.15, 0.2) is 5.82 Å². The van der Waals surface area contributed by atoms with E-state index in [9.17, 15) is 4.79 Å². The van der Waals surface area contributed by atoms with Gasteiger partial charge >= 0.3 is 0 Å². The summed E-state index contributed by atoms with van der Waals surface area (Å²) < 4.78 is 8.96. The number of thioether (sulfide) groups is 1. The van der Waals surface area contributed by atoms with Gasteiger partial charge in [-0.05, 0) is 29.8 Å². The van der Waals surface area contributed by atoms with E-state index in [1.807, 2.05) is 65.1 Å². The summed E-state index contributed by atoms with van der Waals surface area (Å²) in [7, 11) is 1.63. The molecule has 1 aromatic carbocycles. The van der Waals surface area contributed by atoms with Gasteiger partial charge in [0.2, 0.25) is 11.1 Å². The van der Waals surface area contributed by atoms with E-state index >= 15 is 0 Å². The number of ether oxygens (including phenoxy) is 1. The van der Waals surface area contributed by atoms with Gasteiger partial charge in [-0.25, -0.2) is 4.68 Å². The predicted octanol–water partition coefficient (Wildman–Crippen LogP) is 2.37. The lowest BCUT2D eigenvalue weighted by Gasteiger charge is -2.10. The summed E-state index contributed by atoms with van der Waals surface area (Å²) in [5.74, 6) is 1.87. The van der Waals surface area contributed by atoms with Crippen molar-refractivity contribution in [3.8, 4) is 5.75 Å². The zero-order chi connectivity index (χ0) is 18.4. The fourth-order valence-corrected chi connectivity index (χ4v) is 3.20. The van der Waals surface area contributed by atoms with Crippen LogP contribution in [0.15, 0.2) is 53.9 Å². The molecule has 0 atom stereocenters. The summed E-state index contributed by atoms with van der Waals surface area (Å²) in [6.45, 7) is 2.51. The molecule has 7 nitrogen and oxygen atoms in total. The Hall–Kier alpha value is -2.74. The zero-order valence-corrected chi connectivity index (χ0v) is 15.6. The third kappa shape index (κ3) is 4.26. The number of aromatic nitrogens is 4. The molecule has 26 heavy (non-hydrogen) atoms. The SMILES string of the molecule is CCc1nnc(SCC(=O)NCc2ccc(OC)cc2)n1-n1cccc1. The maximum Gasteiger partial charge on any atom is 0.230 e. The first kappa shape index (κ1) is 18.1. The fourth-order valence-electron chi connectivity index (χ4n) is 2.42. The van der Waals surface area contributed by atoms with Crippen LogP contribution in [-0.2, 0) is 17.8 Å². The van der Waals surface area contributed by atoms with Gasteiger partial charge in [0.1, 0.15) is 5.75 Å². The molecule has 0 fully saturated rings.